The van der Waals surface area contributed by atoms with Crippen molar-refractivity contribution in [3.8, 4) is 44.8 Å². The first-order valence-electron chi connectivity index (χ1n) is 29.6. The van der Waals surface area contributed by atoms with Gasteiger partial charge in [-0.15, -0.1) is 0 Å². The summed E-state index contributed by atoms with van der Waals surface area (Å²) in [6, 6.07) is 98.1. The third-order valence-electron chi connectivity index (χ3n) is 19.5. The number of nitrogens with zero attached hydrogens (tertiary/aromatic N) is 6. The zero-order valence-electron chi connectivity index (χ0n) is 46.0. The molecule has 2 aliphatic carbocycles. The minimum atomic E-state index is -0.476. The van der Waals surface area contributed by atoms with E-state index in [1.165, 1.54) is 55.3 Å². The molecule has 7 heteroatoms. The average Bonchev–Trinajstić information content (AvgIpc) is 1.58. The fourth-order valence-corrected chi connectivity index (χ4v) is 16.2. The molecule has 0 saturated carbocycles. The van der Waals surface area contributed by atoms with Crippen molar-refractivity contribution < 1.29 is 4.42 Å². The molecular weight excluding hydrogens is 1050 g/mol. The number of imidazole rings is 2. The minimum absolute atomic E-state index is 0.476. The second kappa shape index (κ2) is 16.0. The van der Waals surface area contributed by atoms with Crippen molar-refractivity contribution >= 4 is 121 Å². The largest absolute Gasteiger partial charge is 0.456 e. The summed E-state index contributed by atoms with van der Waals surface area (Å²) >= 11 is 0. The van der Waals surface area contributed by atoms with Crippen molar-refractivity contribution in [1.82, 2.24) is 27.9 Å². The number of aromatic nitrogens is 6. The number of hydrogen-bond donors (Lipinski definition) is 0. The van der Waals surface area contributed by atoms with E-state index in [9.17, 15) is 0 Å². The van der Waals surface area contributed by atoms with Gasteiger partial charge in [0.25, 0.3) is 0 Å². The Morgan fingerprint density at radius 1 is 0.291 bits per heavy atom. The zero-order chi connectivity index (χ0) is 55.7. The summed E-state index contributed by atoms with van der Waals surface area (Å²) in [6.07, 6.45) is 0. The standard InChI is InChI=1S/C79H44N6O/c1-2-25-55-48(19-1)53-23-6-14-32-65(53)84-74-58-27-9-17-35-68(58)83(78(74)81-75(55)84)69-42-46(43-71-72(69)59-28-10-18-36-70(59)86-71)45-37-39-56-60(41-45)54-24-7-15-33-66(54)85-73-57-26-8-16-34-67(57)82(77(73)80-76(56)85)47-38-40-52-51-22-5-13-31-63(51)79(64(52)44-47)61-29-11-3-20-49(61)50-21-4-12-30-62(50)79/h1-44H. The maximum absolute atomic E-state index is 6.92. The Balaban J connectivity index is 0.806. The maximum Gasteiger partial charge on any atom is 0.165 e. The Hall–Kier alpha value is -11.5. The first-order chi connectivity index (χ1) is 42.7. The molecule has 2 aliphatic rings. The smallest absolute Gasteiger partial charge is 0.165 e. The highest BCUT2D eigenvalue weighted by Gasteiger charge is 2.51. The lowest BCUT2D eigenvalue weighted by molar-refractivity contribution is 0.669. The van der Waals surface area contributed by atoms with Gasteiger partial charge in [-0.25, -0.2) is 9.97 Å². The second-order valence-electron chi connectivity index (χ2n) is 23.5. The molecule has 396 valence electrons. The van der Waals surface area contributed by atoms with E-state index in [0.29, 0.717) is 0 Å². The third-order valence-corrected chi connectivity index (χ3v) is 19.5. The van der Waals surface area contributed by atoms with Crippen molar-refractivity contribution in [1.29, 1.82) is 0 Å². The van der Waals surface area contributed by atoms with Crippen molar-refractivity contribution in [2.45, 2.75) is 5.41 Å². The van der Waals surface area contributed by atoms with Crippen molar-refractivity contribution in [3.63, 3.8) is 0 Å². The van der Waals surface area contributed by atoms with Gasteiger partial charge >= 0.3 is 0 Å². The van der Waals surface area contributed by atoms with Gasteiger partial charge in [-0.05, 0) is 133 Å². The molecule has 0 atom stereocenters. The van der Waals surface area contributed by atoms with Crippen LogP contribution in [0, 0.1) is 0 Å². The number of furan rings is 1. The first-order valence-corrected chi connectivity index (χ1v) is 29.6. The fourth-order valence-electron chi connectivity index (χ4n) is 16.2. The van der Waals surface area contributed by atoms with Crippen LogP contribution in [0.4, 0.5) is 0 Å². The molecule has 0 fully saturated rings. The van der Waals surface area contributed by atoms with Crippen LogP contribution in [0.1, 0.15) is 22.3 Å². The summed E-state index contributed by atoms with van der Waals surface area (Å²) < 4.78 is 16.5. The quantitative estimate of drug-likeness (QED) is 0.166. The molecule has 0 radical (unpaired) electrons. The SMILES string of the molecule is c1ccc2c(c1)-c1ccccc1C21c2ccccc2-c2ccc(-n3c4ccccc4c4c3nc3c5ccc(-c6cc(-n7c8ccccc8c8c7nc7c9ccccc9c9ccccc9n78)c7c(c6)oc6ccccc67)cc5c5ccccc5n34)cc21. The van der Waals surface area contributed by atoms with E-state index in [-0.39, 0.29) is 0 Å². The molecule has 0 saturated heterocycles. The van der Waals surface area contributed by atoms with Crippen LogP contribution < -0.4 is 0 Å². The summed E-state index contributed by atoms with van der Waals surface area (Å²) in [4.78, 5) is 11.5. The highest BCUT2D eigenvalue weighted by Crippen LogP contribution is 2.63. The van der Waals surface area contributed by atoms with Crippen LogP contribution in [0.3, 0.4) is 0 Å². The molecule has 7 heterocycles. The predicted molar refractivity (Wildman–Crippen MR) is 352 cm³/mol. The van der Waals surface area contributed by atoms with Crippen molar-refractivity contribution in [2.75, 3.05) is 0 Å². The zero-order valence-corrected chi connectivity index (χ0v) is 46.0. The maximum atomic E-state index is 6.92. The predicted octanol–water partition coefficient (Wildman–Crippen LogP) is 19.7. The van der Waals surface area contributed by atoms with Gasteiger partial charge in [0.1, 0.15) is 33.5 Å². The summed E-state index contributed by atoms with van der Waals surface area (Å²) in [5, 5.41) is 11.2. The van der Waals surface area contributed by atoms with E-state index in [0.717, 1.165) is 132 Å². The fraction of sp³-hybridized carbons (Fsp3) is 0.0127. The van der Waals surface area contributed by atoms with Gasteiger partial charge < -0.3 is 4.42 Å². The lowest BCUT2D eigenvalue weighted by Gasteiger charge is -2.30. The Bertz CT molecular complexity index is 6240. The lowest BCUT2D eigenvalue weighted by atomic mass is 9.70. The minimum Gasteiger partial charge on any atom is -0.456 e. The molecule has 0 amide bonds. The number of rotatable bonds is 3. The van der Waals surface area contributed by atoms with Gasteiger partial charge in [-0.2, -0.15) is 0 Å². The van der Waals surface area contributed by atoms with Gasteiger partial charge in [0, 0.05) is 43.4 Å². The van der Waals surface area contributed by atoms with Crippen molar-refractivity contribution in [2.24, 2.45) is 0 Å². The second-order valence-corrected chi connectivity index (χ2v) is 23.5. The monoisotopic (exact) mass is 1090 g/mol. The summed E-state index contributed by atoms with van der Waals surface area (Å²) in [5.41, 5.74) is 26.1. The van der Waals surface area contributed by atoms with E-state index < -0.39 is 5.41 Å². The summed E-state index contributed by atoms with van der Waals surface area (Å²) in [7, 11) is 0. The molecule has 19 aromatic rings. The Labute approximate surface area is 489 Å². The van der Waals surface area contributed by atoms with Crippen LogP contribution in [0.25, 0.3) is 165 Å². The molecule has 86 heavy (non-hydrogen) atoms. The molecule has 0 aliphatic heterocycles. The Morgan fingerprint density at radius 2 is 0.767 bits per heavy atom. The number of benzene rings is 12. The third kappa shape index (κ3) is 5.41. The van der Waals surface area contributed by atoms with Gasteiger partial charge in [0.2, 0.25) is 0 Å². The number of fused-ring (bicyclic) bond motifs is 33. The average molecular weight is 1090 g/mol. The molecule has 7 aromatic heterocycles. The van der Waals surface area contributed by atoms with Gasteiger partial charge in [0.15, 0.2) is 11.3 Å². The lowest BCUT2D eigenvalue weighted by Crippen LogP contribution is -2.26. The van der Waals surface area contributed by atoms with E-state index in [1.54, 1.807) is 0 Å². The Morgan fingerprint density at radius 3 is 1.41 bits per heavy atom. The first kappa shape index (κ1) is 45.0. The number of pyridine rings is 2. The molecule has 0 unspecified atom stereocenters. The van der Waals surface area contributed by atoms with Crippen molar-refractivity contribution in [3.05, 3.63) is 289 Å². The summed E-state index contributed by atoms with van der Waals surface area (Å²) in [5.74, 6) is 0. The molecule has 7 nitrogen and oxygen atoms in total. The highest BCUT2D eigenvalue weighted by molar-refractivity contribution is 6.21. The van der Waals surface area contributed by atoms with Gasteiger partial charge in [0.05, 0.1) is 38.6 Å². The molecule has 21 rings (SSSR count). The van der Waals surface area contributed by atoms with E-state index in [2.05, 4.69) is 285 Å². The molecule has 12 aromatic carbocycles. The summed E-state index contributed by atoms with van der Waals surface area (Å²) in [6.45, 7) is 0. The van der Waals surface area contributed by atoms with Crippen LogP contribution in [-0.4, -0.2) is 27.9 Å². The molecular formula is C79H44N6O. The molecule has 0 bridgehead atoms. The Kier molecular flexibility index (Phi) is 8.36. The van der Waals surface area contributed by atoms with Crippen LogP contribution >= 0.6 is 0 Å². The topological polar surface area (TPSA) is 57.6 Å². The van der Waals surface area contributed by atoms with Gasteiger partial charge in [-0.3, -0.25) is 17.9 Å². The molecule has 0 N–H and O–H groups in total. The van der Waals surface area contributed by atoms with Crippen LogP contribution in [-0.2, 0) is 5.41 Å². The van der Waals surface area contributed by atoms with Crippen LogP contribution in [0.2, 0.25) is 0 Å². The highest BCUT2D eigenvalue weighted by atomic mass is 16.3. The van der Waals surface area contributed by atoms with Crippen LogP contribution in [0.15, 0.2) is 271 Å². The van der Waals surface area contributed by atoms with Gasteiger partial charge in [-0.1, -0.05) is 200 Å². The van der Waals surface area contributed by atoms with E-state index in [4.69, 9.17) is 14.4 Å². The van der Waals surface area contributed by atoms with Crippen LogP contribution in [0.5, 0.6) is 0 Å². The normalized spacial score (nSPS) is 13.4. The molecule has 1 spiro atoms. The van der Waals surface area contributed by atoms with E-state index in [1.807, 2.05) is 0 Å². The number of hydrogen-bond acceptors (Lipinski definition) is 3. The number of para-hydroxylation sites is 5. The van der Waals surface area contributed by atoms with E-state index >= 15 is 0 Å².